The Balaban J connectivity index is 1.51. The summed E-state index contributed by atoms with van der Waals surface area (Å²) in [4.78, 5) is 12.7. The number of nitrogens with zero attached hydrogens (tertiary/aromatic N) is 2. The number of hydrogen-bond donors (Lipinski definition) is 1. The van der Waals surface area contributed by atoms with Gasteiger partial charge in [-0.3, -0.25) is 9.80 Å². The number of fused-ring (bicyclic) bond motifs is 1. The van der Waals surface area contributed by atoms with E-state index in [0.29, 0.717) is 17.0 Å². The van der Waals surface area contributed by atoms with E-state index in [1.807, 2.05) is 37.3 Å². The Kier molecular flexibility index (Phi) is 4.02. The second-order valence-corrected chi connectivity index (χ2v) is 8.26. The van der Waals surface area contributed by atoms with Crippen LogP contribution in [-0.4, -0.2) is 36.3 Å². The molecule has 2 unspecified atom stereocenters. The molecular formula is C22H27N3O. The Morgan fingerprint density at radius 2 is 1.92 bits per heavy atom. The van der Waals surface area contributed by atoms with Gasteiger partial charge in [-0.2, -0.15) is 5.10 Å². The minimum absolute atomic E-state index is 0.0206. The average molecular weight is 349 g/mol. The van der Waals surface area contributed by atoms with Gasteiger partial charge in [0.1, 0.15) is 0 Å². The summed E-state index contributed by atoms with van der Waals surface area (Å²) in [6.45, 7) is 6.50. The van der Waals surface area contributed by atoms with Crippen LogP contribution in [-0.2, 0) is 5.41 Å². The molecule has 136 valence electrons. The first-order valence-electron chi connectivity index (χ1n) is 9.49. The third-order valence-corrected chi connectivity index (χ3v) is 6.30. The van der Waals surface area contributed by atoms with Gasteiger partial charge in [-0.25, -0.2) is 0 Å². The summed E-state index contributed by atoms with van der Waals surface area (Å²) in [6.07, 6.45) is 4.49. The molecule has 0 bridgehead atoms. The summed E-state index contributed by atoms with van der Waals surface area (Å²) < 4.78 is 0. The fraction of sp³-hybridized carbons (Fsp3) is 0.455. The lowest BCUT2D eigenvalue weighted by Gasteiger charge is -2.25. The summed E-state index contributed by atoms with van der Waals surface area (Å²) in [7, 11) is 1.97. The smallest absolute Gasteiger partial charge is 0.251 e. The maximum Gasteiger partial charge on any atom is 0.251 e. The standard InChI is InChI=1S/C22H27N3O/c1-14(20-13-23-25(4)15(20)2)24-21(26)18-6-5-17-12-19(22(3)9-10-22)8-7-16(17)11-18/h5-8,11-15,20H,9-10H2,1-4H3,(H,24,26)/t14-,15?,20?/m1/s1. The van der Waals surface area contributed by atoms with Crippen molar-refractivity contribution in [2.45, 2.75) is 51.1 Å². The molecule has 0 aromatic heterocycles. The molecule has 2 aliphatic rings. The first-order chi connectivity index (χ1) is 12.4. The molecule has 1 aliphatic carbocycles. The molecule has 4 nitrogen and oxygen atoms in total. The van der Waals surface area contributed by atoms with Crippen molar-refractivity contribution in [2.24, 2.45) is 11.0 Å². The van der Waals surface area contributed by atoms with Crippen molar-refractivity contribution in [1.82, 2.24) is 10.3 Å². The SMILES string of the molecule is CC1C([C@@H](C)NC(=O)c2ccc3cc(C4(C)CC4)ccc3c2)C=NN1C. The zero-order valence-corrected chi connectivity index (χ0v) is 16.0. The third kappa shape index (κ3) is 2.98. The number of rotatable bonds is 4. The molecule has 2 aromatic carbocycles. The minimum Gasteiger partial charge on any atom is -0.349 e. The first-order valence-corrected chi connectivity index (χ1v) is 9.49. The maximum absolute atomic E-state index is 12.7. The molecule has 26 heavy (non-hydrogen) atoms. The lowest BCUT2D eigenvalue weighted by molar-refractivity contribution is 0.0926. The van der Waals surface area contributed by atoms with Gasteiger partial charge in [-0.05, 0) is 60.6 Å². The van der Waals surface area contributed by atoms with Crippen LogP contribution in [0.3, 0.4) is 0 Å². The lowest BCUT2D eigenvalue weighted by atomic mass is 9.94. The Bertz CT molecular complexity index is 884. The summed E-state index contributed by atoms with van der Waals surface area (Å²) in [6, 6.07) is 13.0. The number of carbonyl (C=O) groups excluding carboxylic acids is 1. The van der Waals surface area contributed by atoms with Gasteiger partial charge in [-0.15, -0.1) is 0 Å². The highest BCUT2D eigenvalue weighted by molar-refractivity contribution is 5.99. The Morgan fingerprint density at radius 1 is 1.23 bits per heavy atom. The van der Waals surface area contributed by atoms with Gasteiger partial charge in [0.05, 0.1) is 6.04 Å². The molecule has 0 radical (unpaired) electrons. The number of benzene rings is 2. The van der Waals surface area contributed by atoms with Crippen LogP contribution in [0.25, 0.3) is 10.8 Å². The lowest BCUT2D eigenvalue weighted by Crippen LogP contribution is -2.43. The number of nitrogens with one attached hydrogen (secondary N) is 1. The highest BCUT2D eigenvalue weighted by Crippen LogP contribution is 2.48. The maximum atomic E-state index is 12.7. The van der Waals surface area contributed by atoms with E-state index in [0.717, 1.165) is 5.39 Å². The number of hydrazone groups is 1. The van der Waals surface area contributed by atoms with Crippen LogP contribution in [0.15, 0.2) is 41.5 Å². The Morgan fingerprint density at radius 3 is 2.58 bits per heavy atom. The summed E-state index contributed by atoms with van der Waals surface area (Å²) in [5.74, 6) is 0.207. The average Bonchev–Trinajstić information content (AvgIpc) is 3.30. The summed E-state index contributed by atoms with van der Waals surface area (Å²) >= 11 is 0. The Hall–Kier alpha value is -2.36. The van der Waals surface area contributed by atoms with Gasteiger partial charge >= 0.3 is 0 Å². The highest BCUT2D eigenvalue weighted by Gasteiger charge is 2.38. The van der Waals surface area contributed by atoms with Crippen LogP contribution in [0.4, 0.5) is 0 Å². The molecule has 1 heterocycles. The van der Waals surface area contributed by atoms with E-state index >= 15 is 0 Å². The van der Waals surface area contributed by atoms with Gasteiger partial charge in [-0.1, -0.05) is 31.2 Å². The number of amides is 1. The van der Waals surface area contributed by atoms with Gasteiger partial charge < -0.3 is 5.32 Å². The third-order valence-electron chi connectivity index (χ3n) is 6.30. The molecule has 1 amide bonds. The minimum atomic E-state index is -0.0206. The monoisotopic (exact) mass is 349 g/mol. The van der Waals surface area contributed by atoms with Crippen molar-refractivity contribution in [1.29, 1.82) is 0 Å². The fourth-order valence-corrected chi connectivity index (χ4v) is 3.83. The van der Waals surface area contributed by atoms with E-state index in [9.17, 15) is 4.79 Å². The van der Waals surface area contributed by atoms with Crippen molar-refractivity contribution in [3.05, 3.63) is 47.5 Å². The topological polar surface area (TPSA) is 44.7 Å². The molecule has 0 saturated heterocycles. The molecule has 1 saturated carbocycles. The zero-order valence-electron chi connectivity index (χ0n) is 16.0. The summed E-state index contributed by atoms with van der Waals surface area (Å²) in [5.41, 5.74) is 2.49. The van der Waals surface area contributed by atoms with E-state index in [1.54, 1.807) is 0 Å². The predicted molar refractivity (Wildman–Crippen MR) is 107 cm³/mol. The molecular weight excluding hydrogens is 322 g/mol. The normalized spacial score (nSPS) is 24.7. The number of hydrogen-bond acceptors (Lipinski definition) is 3. The van der Waals surface area contributed by atoms with Crippen LogP contribution in [0, 0.1) is 5.92 Å². The van der Waals surface area contributed by atoms with E-state index in [-0.39, 0.29) is 17.9 Å². The molecule has 3 atom stereocenters. The van der Waals surface area contributed by atoms with Gasteiger partial charge in [0, 0.05) is 30.8 Å². The van der Waals surface area contributed by atoms with Gasteiger partial charge in [0.2, 0.25) is 0 Å². The molecule has 1 fully saturated rings. The van der Waals surface area contributed by atoms with E-state index in [4.69, 9.17) is 0 Å². The summed E-state index contributed by atoms with van der Waals surface area (Å²) in [5, 5.41) is 11.7. The highest BCUT2D eigenvalue weighted by atomic mass is 16.1. The zero-order chi connectivity index (χ0) is 18.5. The number of carbonyl (C=O) groups is 1. The van der Waals surface area contributed by atoms with Crippen molar-refractivity contribution in [3.8, 4) is 0 Å². The van der Waals surface area contributed by atoms with Crippen LogP contribution >= 0.6 is 0 Å². The van der Waals surface area contributed by atoms with Crippen LogP contribution < -0.4 is 5.32 Å². The first kappa shape index (κ1) is 17.1. The molecule has 4 heteroatoms. The quantitative estimate of drug-likeness (QED) is 0.908. The van der Waals surface area contributed by atoms with Crippen molar-refractivity contribution in [3.63, 3.8) is 0 Å². The van der Waals surface area contributed by atoms with Gasteiger partial charge in [0.15, 0.2) is 0 Å². The second-order valence-electron chi connectivity index (χ2n) is 8.26. The van der Waals surface area contributed by atoms with E-state index in [2.05, 4.69) is 48.5 Å². The molecule has 1 N–H and O–H groups in total. The molecule has 4 rings (SSSR count). The molecule has 2 aromatic rings. The molecule has 0 spiro atoms. The van der Waals surface area contributed by atoms with E-state index in [1.165, 1.54) is 23.8 Å². The van der Waals surface area contributed by atoms with Crippen molar-refractivity contribution < 1.29 is 4.79 Å². The van der Waals surface area contributed by atoms with Crippen molar-refractivity contribution >= 4 is 22.9 Å². The van der Waals surface area contributed by atoms with Crippen LogP contribution in [0.5, 0.6) is 0 Å². The van der Waals surface area contributed by atoms with E-state index < -0.39 is 0 Å². The second kappa shape index (κ2) is 6.11. The Labute approximate surface area is 155 Å². The van der Waals surface area contributed by atoms with Crippen LogP contribution in [0.1, 0.15) is 49.5 Å². The van der Waals surface area contributed by atoms with Crippen molar-refractivity contribution in [2.75, 3.05) is 7.05 Å². The van der Waals surface area contributed by atoms with Gasteiger partial charge in [0.25, 0.3) is 5.91 Å². The predicted octanol–water partition coefficient (Wildman–Crippen LogP) is 3.95. The largest absolute Gasteiger partial charge is 0.349 e. The fourth-order valence-electron chi connectivity index (χ4n) is 3.83. The molecule has 1 aliphatic heterocycles. The van der Waals surface area contributed by atoms with Crippen LogP contribution in [0.2, 0.25) is 0 Å².